The molecule has 0 atom stereocenters. The molecule has 120 valence electrons. The van der Waals surface area contributed by atoms with Gasteiger partial charge in [-0.1, -0.05) is 37.0 Å². The lowest BCUT2D eigenvalue weighted by atomic mass is 9.71. The molecule has 0 bridgehead atoms. The average Bonchev–Trinajstić information content (AvgIpc) is 2.72. The number of nitrogens with one attached hydrogen (secondary N) is 1. The fourth-order valence-electron chi connectivity index (χ4n) is 2.38. The number of hydrogen-bond acceptors (Lipinski definition) is 4. The van der Waals surface area contributed by atoms with Crippen molar-refractivity contribution < 1.29 is 13.5 Å². The standard InChI is InChI=1S/C13H19Cl2NO3S2/c1-12(2)3-5-13(17,6-4-12)8-16-21(18,19)9-7-10(14)20-11(9)15/h7,16-17H,3-6,8H2,1-2H3. The minimum absolute atomic E-state index is 0.00475. The van der Waals surface area contributed by atoms with E-state index in [2.05, 4.69) is 18.6 Å². The van der Waals surface area contributed by atoms with E-state index in [1.165, 1.54) is 6.07 Å². The summed E-state index contributed by atoms with van der Waals surface area (Å²) < 4.78 is 27.3. The molecule has 2 rings (SSSR count). The molecule has 1 aromatic heterocycles. The van der Waals surface area contributed by atoms with E-state index in [0.29, 0.717) is 17.2 Å². The van der Waals surface area contributed by atoms with Gasteiger partial charge in [-0.05, 0) is 37.2 Å². The number of sulfonamides is 1. The van der Waals surface area contributed by atoms with Crippen molar-refractivity contribution in [1.82, 2.24) is 4.72 Å². The Morgan fingerprint density at radius 1 is 1.29 bits per heavy atom. The van der Waals surface area contributed by atoms with E-state index in [9.17, 15) is 13.5 Å². The van der Waals surface area contributed by atoms with Gasteiger partial charge in [0.05, 0.1) is 9.94 Å². The first-order valence-corrected chi connectivity index (χ1v) is 9.76. The Hall–Kier alpha value is 0.150. The van der Waals surface area contributed by atoms with Crippen molar-refractivity contribution in [2.75, 3.05) is 6.54 Å². The fraction of sp³-hybridized carbons (Fsp3) is 0.692. The van der Waals surface area contributed by atoms with Gasteiger partial charge in [0.2, 0.25) is 10.0 Å². The minimum Gasteiger partial charge on any atom is -0.389 e. The average molecular weight is 372 g/mol. The van der Waals surface area contributed by atoms with Gasteiger partial charge in [-0.25, -0.2) is 13.1 Å². The van der Waals surface area contributed by atoms with Crippen LogP contribution in [0.25, 0.3) is 0 Å². The summed E-state index contributed by atoms with van der Waals surface area (Å²) in [6, 6.07) is 1.32. The van der Waals surface area contributed by atoms with Crippen molar-refractivity contribution in [2.24, 2.45) is 5.41 Å². The molecular weight excluding hydrogens is 353 g/mol. The molecule has 0 aliphatic heterocycles. The zero-order valence-corrected chi connectivity index (χ0v) is 15.1. The highest BCUT2D eigenvalue weighted by molar-refractivity contribution is 7.89. The van der Waals surface area contributed by atoms with Crippen LogP contribution in [0.5, 0.6) is 0 Å². The quantitative estimate of drug-likeness (QED) is 0.848. The van der Waals surface area contributed by atoms with Gasteiger partial charge in [0.15, 0.2) is 0 Å². The lowest BCUT2D eigenvalue weighted by Gasteiger charge is -2.40. The molecule has 1 saturated carbocycles. The van der Waals surface area contributed by atoms with Crippen LogP contribution in [0.2, 0.25) is 8.67 Å². The molecule has 0 saturated heterocycles. The summed E-state index contributed by atoms with van der Waals surface area (Å²) in [5.41, 5.74) is -0.788. The molecule has 1 aliphatic rings. The third-order valence-corrected chi connectivity index (χ3v) is 7.19. The number of halogens is 2. The molecule has 1 heterocycles. The van der Waals surface area contributed by atoms with Crippen molar-refractivity contribution in [2.45, 2.75) is 50.0 Å². The Labute approximate surface area is 139 Å². The number of hydrogen-bond donors (Lipinski definition) is 2. The number of rotatable bonds is 4. The van der Waals surface area contributed by atoms with Crippen molar-refractivity contribution in [3.8, 4) is 0 Å². The minimum atomic E-state index is -3.75. The van der Waals surface area contributed by atoms with Crippen LogP contribution >= 0.6 is 34.5 Å². The SMILES string of the molecule is CC1(C)CCC(O)(CNS(=O)(=O)c2cc(Cl)sc2Cl)CC1. The first kappa shape index (κ1) is 17.5. The highest BCUT2D eigenvalue weighted by Gasteiger charge is 2.37. The molecule has 21 heavy (non-hydrogen) atoms. The summed E-state index contributed by atoms with van der Waals surface area (Å²) in [4.78, 5) is -0.0288. The van der Waals surface area contributed by atoms with Gasteiger partial charge in [0, 0.05) is 6.54 Å². The Kier molecular flexibility index (Phi) is 4.98. The van der Waals surface area contributed by atoms with Gasteiger partial charge in [0.1, 0.15) is 9.23 Å². The Bertz CT molecular complexity index is 615. The summed E-state index contributed by atoms with van der Waals surface area (Å²) in [7, 11) is -3.75. The molecule has 0 amide bonds. The predicted octanol–water partition coefficient (Wildman–Crippen LogP) is 3.66. The van der Waals surface area contributed by atoms with E-state index >= 15 is 0 Å². The van der Waals surface area contributed by atoms with Gasteiger partial charge >= 0.3 is 0 Å². The highest BCUT2D eigenvalue weighted by Crippen LogP contribution is 2.40. The first-order chi connectivity index (χ1) is 9.53. The molecule has 2 N–H and O–H groups in total. The van der Waals surface area contributed by atoms with Crippen LogP contribution in [0, 0.1) is 5.41 Å². The highest BCUT2D eigenvalue weighted by atomic mass is 35.5. The van der Waals surface area contributed by atoms with Crippen LogP contribution in [0.4, 0.5) is 0 Å². The molecular formula is C13H19Cl2NO3S2. The number of aliphatic hydroxyl groups is 1. The first-order valence-electron chi connectivity index (χ1n) is 6.70. The van der Waals surface area contributed by atoms with E-state index in [0.717, 1.165) is 24.2 Å². The monoisotopic (exact) mass is 371 g/mol. The molecule has 4 nitrogen and oxygen atoms in total. The maximum absolute atomic E-state index is 12.2. The van der Waals surface area contributed by atoms with Gasteiger partial charge in [-0.15, -0.1) is 11.3 Å². The third kappa shape index (κ3) is 4.33. The van der Waals surface area contributed by atoms with Crippen molar-refractivity contribution in [3.63, 3.8) is 0 Å². The summed E-state index contributed by atoms with van der Waals surface area (Å²) >= 11 is 12.7. The van der Waals surface area contributed by atoms with Crippen molar-refractivity contribution in [3.05, 3.63) is 14.7 Å². The fourth-order valence-corrected chi connectivity index (χ4v) is 5.65. The second kappa shape index (κ2) is 5.98. The lowest BCUT2D eigenvalue weighted by Crippen LogP contribution is -2.46. The van der Waals surface area contributed by atoms with E-state index in [-0.39, 0.29) is 21.2 Å². The zero-order chi connectivity index (χ0) is 15.9. The molecule has 0 aromatic carbocycles. The van der Waals surface area contributed by atoms with Crippen LogP contribution in [-0.2, 0) is 10.0 Å². The smallest absolute Gasteiger partial charge is 0.243 e. The van der Waals surface area contributed by atoms with Crippen molar-refractivity contribution in [1.29, 1.82) is 0 Å². The summed E-state index contributed by atoms with van der Waals surface area (Å²) in [6.07, 6.45) is 2.91. The molecule has 0 unspecified atom stereocenters. The molecule has 1 aliphatic carbocycles. The summed E-state index contributed by atoms with van der Waals surface area (Å²) in [5, 5.41) is 10.5. The summed E-state index contributed by atoms with van der Waals surface area (Å²) in [5.74, 6) is 0. The molecule has 1 fully saturated rings. The van der Waals surface area contributed by atoms with Gasteiger partial charge in [0.25, 0.3) is 0 Å². The topological polar surface area (TPSA) is 66.4 Å². The van der Waals surface area contributed by atoms with E-state index < -0.39 is 15.6 Å². The largest absolute Gasteiger partial charge is 0.389 e. The van der Waals surface area contributed by atoms with Crippen LogP contribution < -0.4 is 4.72 Å². The maximum atomic E-state index is 12.2. The van der Waals surface area contributed by atoms with E-state index in [1.807, 2.05) is 0 Å². The molecule has 8 heteroatoms. The zero-order valence-electron chi connectivity index (χ0n) is 11.9. The predicted molar refractivity (Wildman–Crippen MR) is 86.7 cm³/mol. The molecule has 1 aromatic rings. The van der Waals surface area contributed by atoms with Crippen LogP contribution in [0.1, 0.15) is 39.5 Å². The van der Waals surface area contributed by atoms with Crippen LogP contribution in [0.3, 0.4) is 0 Å². The lowest BCUT2D eigenvalue weighted by molar-refractivity contribution is -0.0205. The van der Waals surface area contributed by atoms with Crippen LogP contribution in [0.15, 0.2) is 11.0 Å². The Balaban J connectivity index is 2.04. The van der Waals surface area contributed by atoms with Crippen LogP contribution in [-0.4, -0.2) is 25.7 Å². The van der Waals surface area contributed by atoms with Gasteiger partial charge < -0.3 is 5.11 Å². The van der Waals surface area contributed by atoms with Gasteiger partial charge in [-0.2, -0.15) is 0 Å². The third-order valence-electron chi connectivity index (χ3n) is 4.04. The van der Waals surface area contributed by atoms with Gasteiger partial charge in [-0.3, -0.25) is 0 Å². The summed E-state index contributed by atoms with van der Waals surface area (Å²) in [6.45, 7) is 4.31. The maximum Gasteiger partial charge on any atom is 0.243 e. The number of thiophene rings is 1. The normalized spacial score (nSPS) is 21.4. The molecule has 0 spiro atoms. The Morgan fingerprint density at radius 3 is 2.33 bits per heavy atom. The second-order valence-corrected chi connectivity index (χ2v) is 10.4. The second-order valence-electron chi connectivity index (χ2n) is 6.40. The molecule has 0 radical (unpaired) electrons. The van der Waals surface area contributed by atoms with E-state index in [4.69, 9.17) is 23.2 Å². The van der Waals surface area contributed by atoms with Crippen molar-refractivity contribution >= 4 is 44.6 Å². The Morgan fingerprint density at radius 2 is 1.86 bits per heavy atom. The van der Waals surface area contributed by atoms with E-state index in [1.54, 1.807) is 0 Å².